The summed E-state index contributed by atoms with van der Waals surface area (Å²) in [6.07, 6.45) is -38.5. The zero-order valence-corrected chi connectivity index (χ0v) is 35.0. The van der Waals surface area contributed by atoms with Crippen LogP contribution in [0.1, 0.15) is 27.7 Å². The van der Waals surface area contributed by atoms with Crippen molar-refractivity contribution in [1.82, 2.24) is 16.0 Å². The van der Waals surface area contributed by atoms with E-state index in [4.69, 9.17) is 42.6 Å². The van der Waals surface area contributed by atoms with E-state index < -0.39 is 197 Å². The molecule has 5 fully saturated rings. The molecule has 5 saturated heterocycles. The Labute approximate surface area is 364 Å². The van der Waals surface area contributed by atoms with Crippen LogP contribution in [0.3, 0.4) is 0 Å². The number of aliphatic hydroxyl groups is 13. The van der Waals surface area contributed by atoms with Crippen LogP contribution in [0.5, 0.6) is 0 Å². The van der Waals surface area contributed by atoms with Gasteiger partial charge in [0, 0.05) is 20.8 Å². The molecule has 5 aliphatic heterocycles. The van der Waals surface area contributed by atoms with Crippen LogP contribution >= 0.6 is 0 Å². The fraction of sp³-hybridized carbons (Fsp3) is 0.917. The summed E-state index contributed by atoms with van der Waals surface area (Å²) in [5, 5.41) is 145. The molecular weight excluding hydrogens is 874 g/mol. The van der Waals surface area contributed by atoms with Gasteiger partial charge in [-0.1, -0.05) is 0 Å². The van der Waals surface area contributed by atoms with E-state index in [1.54, 1.807) is 0 Å². The molecule has 0 spiro atoms. The molecule has 16 N–H and O–H groups in total. The van der Waals surface area contributed by atoms with Gasteiger partial charge < -0.3 is 125 Å². The fourth-order valence-electron chi connectivity index (χ4n) is 8.08. The van der Waals surface area contributed by atoms with Gasteiger partial charge in [-0.25, -0.2) is 0 Å². The number of nitrogens with one attached hydrogen (secondary N) is 3. The van der Waals surface area contributed by atoms with Gasteiger partial charge in [-0.2, -0.15) is 0 Å². The Balaban J connectivity index is 1.46. The highest BCUT2D eigenvalue weighted by atomic mass is 16.8. The van der Waals surface area contributed by atoms with Gasteiger partial charge in [-0.05, 0) is 6.92 Å². The maximum absolute atomic E-state index is 12.8. The third-order valence-electron chi connectivity index (χ3n) is 11.5. The van der Waals surface area contributed by atoms with Crippen LogP contribution in [0.25, 0.3) is 0 Å². The second-order valence-corrected chi connectivity index (χ2v) is 16.2. The van der Waals surface area contributed by atoms with Crippen molar-refractivity contribution in [3.05, 3.63) is 0 Å². The van der Waals surface area contributed by atoms with Gasteiger partial charge in [0.2, 0.25) is 17.7 Å². The topological polar surface area (TPSA) is 433 Å². The van der Waals surface area contributed by atoms with Crippen LogP contribution in [0.15, 0.2) is 0 Å². The third kappa shape index (κ3) is 11.6. The van der Waals surface area contributed by atoms with E-state index >= 15 is 0 Å². The smallest absolute Gasteiger partial charge is 0.217 e. The molecule has 28 heteroatoms. The highest BCUT2D eigenvalue weighted by Gasteiger charge is 2.56. The standard InChI is InChI=1S/C36H61N3O25/c1-9-20(46)25(51)27(53)35(57-9)64-31-19(39-12(4)45)33(61-15(7-42)29(31)62-36-28(54)26(52)22(48)14(6-41)60-36)56-8-16-23(49)30(18(32(55)58-16)38-11(3)44)63-34-17(37-10(2)43)24(50)21(47)13(5-40)59-34/h9,13-36,40-42,46-55H,5-8H2,1-4H3,(H,37,43)(H,38,44)(H,39,45)/t9-,13+,14+,15+,16+,17+,18+,19+,20+,21-,22-,23-,24+,25+,26-,27-,28+,29+,30+,31+,32-,33+,34-,35-,36-/m0/s1. The highest BCUT2D eigenvalue weighted by Crippen LogP contribution is 2.35. The van der Waals surface area contributed by atoms with Crippen molar-refractivity contribution >= 4 is 17.7 Å². The zero-order valence-electron chi connectivity index (χ0n) is 35.0. The first kappa shape index (κ1) is 52.5. The summed E-state index contributed by atoms with van der Waals surface area (Å²) in [7, 11) is 0. The molecule has 5 heterocycles. The Hall–Kier alpha value is -2.47. The van der Waals surface area contributed by atoms with Gasteiger partial charge >= 0.3 is 0 Å². The van der Waals surface area contributed by atoms with Crippen LogP contribution in [-0.2, 0) is 57.0 Å². The Bertz CT molecular complexity index is 1540. The monoisotopic (exact) mass is 935 g/mol. The Morgan fingerprint density at radius 2 is 0.891 bits per heavy atom. The number of ether oxygens (including phenoxy) is 9. The second kappa shape index (κ2) is 22.6. The van der Waals surface area contributed by atoms with Gasteiger partial charge in [-0.15, -0.1) is 0 Å². The first-order chi connectivity index (χ1) is 30.1. The molecule has 3 amide bonds. The summed E-state index contributed by atoms with van der Waals surface area (Å²) >= 11 is 0. The molecule has 0 radical (unpaired) electrons. The Morgan fingerprint density at radius 1 is 0.438 bits per heavy atom. The molecule has 0 aliphatic carbocycles. The van der Waals surface area contributed by atoms with E-state index in [0.29, 0.717) is 0 Å². The minimum Gasteiger partial charge on any atom is -0.394 e. The fourth-order valence-corrected chi connectivity index (χ4v) is 8.08. The lowest BCUT2D eigenvalue weighted by atomic mass is 9.94. The molecular formula is C36H61N3O25. The van der Waals surface area contributed by atoms with Crippen LogP contribution in [0.2, 0.25) is 0 Å². The first-order valence-electron chi connectivity index (χ1n) is 20.4. The number of rotatable bonds is 15. The second-order valence-electron chi connectivity index (χ2n) is 16.2. The van der Waals surface area contributed by atoms with Crippen molar-refractivity contribution in [1.29, 1.82) is 0 Å². The number of carbonyl (C=O) groups is 3. The van der Waals surface area contributed by atoms with Gasteiger partial charge in [0.05, 0.1) is 32.5 Å². The number of amides is 3. The van der Waals surface area contributed by atoms with Crippen LogP contribution in [-0.4, -0.2) is 264 Å². The Kier molecular flexibility index (Phi) is 18.5. The molecule has 28 nitrogen and oxygen atoms in total. The predicted octanol–water partition coefficient (Wildman–Crippen LogP) is -10.5. The Morgan fingerprint density at radius 3 is 1.45 bits per heavy atom. The third-order valence-corrected chi connectivity index (χ3v) is 11.5. The summed E-state index contributed by atoms with van der Waals surface area (Å²) in [5.74, 6) is -2.25. The molecule has 0 unspecified atom stereocenters. The van der Waals surface area contributed by atoms with E-state index in [1.807, 2.05) is 0 Å². The lowest BCUT2D eigenvalue weighted by Crippen LogP contribution is -2.70. The van der Waals surface area contributed by atoms with Crippen LogP contribution in [0, 0.1) is 0 Å². The average Bonchev–Trinajstić information content (AvgIpc) is 3.24. The van der Waals surface area contributed by atoms with Crippen molar-refractivity contribution in [3.63, 3.8) is 0 Å². The number of hydrogen-bond donors (Lipinski definition) is 16. The SMILES string of the molecule is CC(=O)N[C@@H]1[C@@H](O[C@@H]2O[C@H](CO)[C@H](O)[C@H](O)[C@H]2NC(C)=O)[C@@H](O)[C@@H](CO[C@@H]2O[C@H](CO)[C@@H](O[C@@H]3O[C@H](CO)[C@H](O)[C@H](O)[C@H]3O)[C@H](O[C@@H]3O[C@@H](C)[C@@H](O)[C@@H](O)[C@@H]3O)[C@H]2NC(C)=O)O[C@@H]1O. The predicted molar refractivity (Wildman–Crippen MR) is 200 cm³/mol. The summed E-state index contributed by atoms with van der Waals surface area (Å²) in [5.41, 5.74) is 0. The van der Waals surface area contributed by atoms with Crippen LogP contribution < -0.4 is 16.0 Å². The number of carbonyl (C=O) groups excluding carboxylic acids is 3. The lowest BCUT2D eigenvalue weighted by molar-refractivity contribution is -0.376. The van der Waals surface area contributed by atoms with Crippen molar-refractivity contribution in [2.75, 3.05) is 26.4 Å². The van der Waals surface area contributed by atoms with Gasteiger partial charge in [0.15, 0.2) is 31.5 Å². The molecule has 0 aromatic carbocycles. The summed E-state index contributed by atoms with van der Waals surface area (Å²) in [6.45, 7) is 1.06. The van der Waals surface area contributed by atoms with Crippen molar-refractivity contribution in [3.8, 4) is 0 Å². The highest BCUT2D eigenvalue weighted by molar-refractivity contribution is 5.74. The number of aliphatic hydroxyl groups excluding tert-OH is 13. The average molecular weight is 936 g/mol. The largest absolute Gasteiger partial charge is 0.394 e. The quantitative estimate of drug-likeness (QED) is 0.0725. The van der Waals surface area contributed by atoms with Gasteiger partial charge in [0.25, 0.3) is 0 Å². The maximum Gasteiger partial charge on any atom is 0.217 e. The van der Waals surface area contributed by atoms with Crippen molar-refractivity contribution in [2.24, 2.45) is 0 Å². The normalized spacial score (nSPS) is 47.7. The molecule has 64 heavy (non-hydrogen) atoms. The number of hydrogen-bond acceptors (Lipinski definition) is 25. The summed E-state index contributed by atoms with van der Waals surface area (Å²) in [4.78, 5) is 37.1. The molecule has 370 valence electrons. The van der Waals surface area contributed by atoms with E-state index in [0.717, 1.165) is 20.8 Å². The molecule has 0 saturated carbocycles. The van der Waals surface area contributed by atoms with Crippen molar-refractivity contribution in [2.45, 2.75) is 181 Å². The van der Waals surface area contributed by atoms with E-state index in [-0.39, 0.29) is 0 Å². The minimum atomic E-state index is -2.01. The van der Waals surface area contributed by atoms with Gasteiger partial charge in [0.1, 0.15) is 116 Å². The van der Waals surface area contributed by atoms with E-state index in [9.17, 15) is 80.8 Å². The maximum atomic E-state index is 12.8. The van der Waals surface area contributed by atoms with E-state index in [1.165, 1.54) is 6.92 Å². The van der Waals surface area contributed by atoms with Crippen LogP contribution in [0.4, 0.5) is 0 Å². The molecule has 25 atom stereocenters. The molecule has 0 bridgehead atoms. The molecule has 5 rings (SSSR count). The zero-order chi connectivity index (χ0) is 47.5. The van der Waals surface area contributed by atoms with E-state index in [2.05, 4.69) is 16.0 Å². The summed E-state index contributed by atoms with van der Waals surface area (Å²) < 4.78 is 52.5. The van der Waals surface area contributed by atoms with Gasteiger partial charge in [-0.3, -0.25) is 14.4 Å². The first-order valence-corrected chi connectivity index (χ1v) is 20.4. The molecule has 0 aromatic rings. The minimum absolute atomic E-state index is 0.716. The molecule has 0 aromatic heterocycles. The van der Waals surface area contributed by atoms with Crippen molar-refractivity contribution < 1.29 is 123 Å². The molecule has 5 aliphatic rings. The lowest BCUT2D eigenvalue weighted by Gasteiger charge is -2.50. The summed E-state index contributed by atoms with van der Waals surface area (Å²) in [6, 6.07) is -4.75.